The van der Waals surface area contributed by atoms with Crippen molar-refractivity contribution >= 4 is 5.57 Å². The van der Waals surface area contributed by atoms with Crippen LogP contribution in [-0.4, -0.2) is 19.0 Å². The molecule has 0 aromatic heterocycles. The van der Waals surface area contributed by atoms with Crippen LogP contribution in [0.1, 0.15) is 11.1 Å². The van der Waals surface area contributed by atoms with Gasteiger partial charge in [0, 0.05) is 20.3 Å². The highest BCUT2D eigenvalue weighted by atomic mass is 15.0. The maximum atomic E-state index is 9.01. The van der Waals surface area contributed by atoms with Crippen LogP contribution in [0.4, 0.5) is 0 Å². The summed E-state index contributed by atoms with van der Waals surface area (Å²) in [6, 6.07) is 10.1. The summed E-state index contributed by atoms with van der Waals surface area (Å²) in [6.45, 7) is 2.01. The van der Waals surface area contributed by atoms with E-state index in [-0.39, 0.29) is 0 Å². The van der Waals surface area contributed by atoms with Crippen molar-refractivity contribution in [3.05, 3.63) is 41.6 Å². The Balaban J connectivity index is 3.16. The lowest BCUT2D eigenvalue weighted by atomic mass is 10.0. The molecule has 0 aliphatic rings. The number of allylic oxidation sites excluding steroid dienone is 1. The minimum Gasteiger partial charge on any atom is -0.382 e. The van der Waals surface area contributed by atoms with Crippen LogP contribution >= 0.6 is 0 Å². The summed E-state index contributed by atoms with van der Waals surface area (Å²) in [5.41, 5.74) is 2.83. The van der Waals surface area contributed by atoms with Gasteiger partial charge in [-0.2, -0.15) is 5.26 Å². The first-order valence-corrected chi connectivity index (χ1v) is 4.49. The Kier molecular flexibility index (Phi) is 3.30. The number of hydrogen-bond donors (Lipinski definition) is 0. The lowest BCUT2D eigenvalue weighted by molar-refractivity contribution is 0.566. The number of nitriles is 1. The van der Waals surface area contributed by atoms with Crippen LogP contribution in [0.15, 0.2) is 30.5 Å². The summed E-state index contributed by atoms with van der Waals surface area (Å²) < 4.78 is 0. The minimum absolute atomic E-state index is 0.702. The zero-order valence-electron chi connectivity index (χ0n) is 8.78. The van der Waals surface area contributed by atoms with Gasteiger partial charge in [-0.1, -0.05) is 24.3 Å². The van der Waals surface area contributed by atoms with Gasteiger partial charge in [-0.05, 0) is 18.1 Å². The Morgan fingerprint density at radius 2 is 2.00 bits per heavy atom. The Morgan fingerprint density at radius 3 is 2.50 bits per heavy atom. The first-order chi connectivity index (χ1) is 6.65. The predicted molar refractivity (Wildman–Crippen MR) is 58.5 cm³/mol. The number of aryl methyl sites for hydroxylation is 1. The van der Waals surface area contributed by atoms with Crippen LogP contribution in [0.25, 0.3) is 5.57 Å². The average Bonchev–Trinajstić information content (AvgIpc) is 2.15. The van der Waals surface area contributed by atoms with Gasteiger partial charge in [-0.3, -0.25) is 0 Å². The summed E-state index contributed by atoms with van der Waals surface area (Å²) >= 11 is 0. The fourth-order valence-electron chi connectivity index (χ4n) is 1.29. The molecule has 2 nitrogen and oxygen atoms in total. The molecule has 0 fully saturated rings. The van der Waals surface area contributed by atoms with Crippen molar-refractivity contribution in [2.24, 2.45) is 0 Å². The topological polar surface area (TPSA) is 27.0 Å². The molecule has 0 heterocycles. The summed E-state index contributed by atoms with van der Waals surface area (Å²) in [6.07, 6.45) is 1.84. The third kappa shape index (κ3) is 2.37. The third-order valence-electron chi connectivity index (χ3n) is 1.94. The van der Waals surface area contributed by atoms with Crippen molar-refractivity contribution < 1.29 is 0 Å². The highest BCUT2D eigenvalue weighted by molar-refractivity contribution is 5.78. The Bertz CT molecular complexity index is 384. The number of nitrogens with zero attached hydrogens (tertiary/aromatic N) is 2. The van der Waals surface area contributed by atoms with Gasteiger partial charge in [0.15, 0.2) is 0 Å². The molecule has 72 valence electrons. The molecule has 0 unspecified atom stereocenters. The molecule has 14 heavy (non-hydrogen) atoms. The molecule has 0 atom stereocenters. The van der Waals surface area contributed by atoms with Crippen LogP contribution < -0.4 is 0 Å². The molecule has 1 aromatic rings. The van der Waals surface area contributed by atoms with Crippen LogP contribution in [0.3, 0.4) is 0 Å². The van der Waals surface area contributed by atoms with Crippen molar-refractivity contribution in [1.82, 2.24) is 4.90 Å². The molecule has 1 aromatic carbocycles. The quantitative estimate of drug-likeness (QED) is 0.663. The second-order valence-electron chi connectivity index (χ2n) is 3.43. The monoisotopic (exact) mass is 186 g/mol. The van der Waals surface area contributed by atoms with Crippen molar-refractivity contribution in [3.63, 3.8) is 0 Å². The SMILES string of the molecule is Cc1ccccc1/C(C#N)=C/N(C)C. The van der Waals surface area contributed by atoms with E-state index in [0.29, 0.717) is 5.57 Å². The second-order valence-corrected chi connectivity index (χ2v) is 3.43. The third-order valence-corrected chi connectivity index (χ3v) is 1.94. The zero-order chi connectivity index (χ0) is 10.6. The molecule has 0 aliphatic heterocycles. The summed E-state index contributed by atoms with van der Waals surface area (Å²) in [7, 11) is 3.82. The molecule has 0 aliphatic carbocycles. The van der Waals surface area contributed by atoms with E-state index in [1.165, 1.54) is 0 Å². The van der Waals surface area contributed by atoms with Crippen molar-refractivity contribution in [2.75, 3.05) is 14.1 Å². The molecule has 0 amide bonds. The summed E-state index contributed by atoms with van der Waals surface area (Å²) in [5.74, 6) is 0. The van der Waals surface area contributed by atoms with Crippen LogP contribution in [0.5, 0.6) is 0 Å². The molecule has 0 spiro atoms. The van der Waals surface area contributed by atoms with Crippen molar-refractivity contribution in [2.45, 2.75) is 6.92 Å². The smallest absolute Gasteiger partial charge is 0.101 e. The molecular formula is C12H14N2. The molecule has 0 bridgehead atoms. The highest BCUT2D eigenvalue weighted by Crippen LogP contribution is 2.17. The molecule has 2 heteroatoms. The summed E-state index contributed by atoms with van der Waals surface area (Å²) in [5, 5.41) is 9.01. The Hall–Kier alpha value is -1.75. The molecule has 0 saturated heterocycles. The predicted octanol–water partition coefficient (Wildman–Crippen LogP) is 2.42. The summed E-state index contributed by atoms with van der Waals surface area (Å²) in [4.78, 5) is 1.88. The standard InChI is InChI=1S/C12H14N2/c1-10-6-4-5-7-12(10)11(8-13)9-14(2)3/h4-7,9H,1-3H3/b11-9+. The number of hydrogen-bond acceptors (Lipinski definition) is 2. The van der Waals surface area contributed by atoms with E-state index in [4.69, 9.17) is 5.26 Å². The van der Waals surface area contributed by atoms with Gasteiger partial charge in [0.2, 0.25) is 0 Å². The van der Waals surface area contributed by atoms with Gasteiger partial charge in [0.1, 0.15) is 6.07 Å². The largest absolute Gasteiger partial charge is 0.382 e. The van der Waals surface area contributed by atoms with Gasteiger partial charge < -0.3 is 4.90 Å². The van der Waals surface area contributed by atoms with E-state index in [1.54, 1.807) is 0 Å². The average molecular weight is 186 g/mol. The molecule has 0 N–H and O–H groups in total. The van der Waals surface area contributed by atoms with E-state index >= 15 is 0 Å². The van der Waals surface area contributed by atoms with Gasteiger partial charge >= 0.3 is 0 Å². The molecular weight excluding hydrogens is 172 g/mol. The van der Waals surface area contributed by atoms with Gasteiger partial charge in [-0.25, -0.2) is 0 Å². The Labute approximate surface area is 85.1 Å². The van der Waals surface area contributed by atoms with Crippen LogP contribution in [-0.2, 0) is 0 Å². The molecule has 0 saturated carbocycles. The zero-order valence-corrected chi connectivity index (χ0v) is 8.78. The maximum absolute atomic E-state index is 9.01. The molecule has 1 rings (SSSR count). The van der Waals surface area contributed by atoms with E-state index < -0.39 is 0 Å². The van der Waals surface area contributed by atoms with E-state index in [0.717, 1.165) is 11.1 Å². The van der Waals surface area contributed by atoms with E-state index in [1.807, 2.05) is 56.4 Å². The van der Waals surface area contributed by atoms with Gasteiger partial charge in [0.25, 0.3) is 0 Å². The van der Waals surface area contributed by atoms with Crippen molar-refractivity contribution in [3.8, 4) is 6.07 Å². The maximum Gasteiger partial charge on any atom is 0.101 e. The normalized spacial score (nSPS) is 10.9. The fraction of sp³-hybridized carbons (Fsp3) is 0.250. The van der Waals surface area contributed by atoms with Crippen LogP contribution in [0.2, 0.25) is 0 Å². The number of benzene rings is 1. The van der Waals surface area contributed by atoms with Gasteiger partial charge in [0.05, 0.1) is 5.57 Å². The molecule has 0 radical (unpaired) electrons. The first kappa shape index (κ1) is 10.3. The lowest BCUT2D eigenvalue weighted by Gasteiger charge is -2.08. The van der Waals surface area contributed by atoms with Crippen LogP contribution in [0, 0.1) is 18.3 Å². The lowest BCUT2D eigenvalue weighted by Crippen LogP contribution is -2.02. The fourth-order valence-corrected chi connectivity index (χ4v) is 1.29. The first-order valence-electron chi connectivity index (χ1n) is 4.49. The van der Waals surface area contributed by atoms with E-state index in [2.05, 4.69) is 6.07 Å². The number of rotatable bonds is 2. The highest BCUT2D eigenvalue weighted by Gasteiger charge is 2.03. The van der Waals surface area contributed by atoms with Gasteiger partial charge in [-0.15, -0.1) is 0 Å². The second kappa shape index (κ2) is 4.48. The Morgan fingerprint density at radius 1 is 1.36 bits per heavy atom. The minimum atomic E-state index is 0.702. The van der Waals surface area contributed by atoms with Crippen molar-refractivity contribution in [1.29, 1.82) is 5.26 Å². The van der Waals surface area contributed by atoms with E-state index in [9.17, 15) is 0 Å².